The smallest absolute Gasteiger partial charge is 0.225 e. The highest BCUT2D eigenvalue weighted by Crippen LogP contribution is 2.30. The molecule has 0 saturated heterocycles. The molecule has 2 heterocycles. The van der Waals surface area contributed by atoms with Crippen LogP contribution in [0, 0.1) is 0 Å². The first-order valence-corrected chi connectivity index (χ1v) is 10.4. The lowest BCUT2D eigenvalue weighted by Crippen LogP contribution is -1.83. The number of rotatable bonds is 4. The Morgan fingerprint density at radius 3 is 1.16 bits per heavy atom. The summed E-state index contributed by atoms with van der Waals surface area (Å²) < 4.78 is 10.8. The summed E-state index contributed by atoms with van der Waals surface area (Å²) in [5, 5.41) is 2.42. The summed E-state index contributed by atoms with van der Waals surface area (Å²) in [6.07, 6.45) is 6.49. The number of fused-ring (bicyclic) bond motifs is 1. The molecule has 6 aromatic rings. The molecule has 0 saturated carbocycles. The van der Waals surface area contributed by atoms with Crippen LogP contribution in [0.25, 0.3) is 55.9 Å². The first kappa shape index (κ1) is 18.3. The zero-order valence-corrected chi connectivity index (χ0v) is 17.1. The Bertz CT molecular complexity index is 1370. The van der Waals surface area contributed by atoms with E-state index in [0.29, 0.717) is 11.8 Å². The second-order valence-corrected chi connectivity index (χ2v) is 7.61. The molecule has 0 radical (unpaired) electrons. The van der Waals surface area contributed by atoms with E-state index >= 15 is 0 Å². The van der Waals surface area contributed by atoms with Crippen LogP contribution in [0.3, 0.4) is 0 Å². The van der Waals surface area contributed by atoms with Crippen LogP contribution in [0.1, 0.15) is 0 Å². The van der Waals surface area contributed by atoms with Gasteiger partial charge in [0.25, 0.3) is 0 Å². The number of hydrogen-bond donors (Lipinski definition) is 0. The van der Waals surface area contributed by atoms with E-state index in [4.69, 9.17) is 8.83 Å². The van der Waals surface area contributed by atoms with E-state index < -0.39 is 0 Å². The molecule has 0 aliphatic carbocycles. The topological polar surface area (TPSA) is 52.1 Å². The predicted molar refractivity (Wildman–Crippen MR) is 126 cm³/mol. The molecule has 0 fully saturated rings. The van der Waals surface area contributed by atoms with Crippen LogP contribution in [0.15, 0.2) is 119 Å². The minimum Gasteiger partial charge on any atom is -0.445 e. The van der Waals surface area contributed by atoms with Crippen molar-refractivity contribution in [1.82, 2.24) is 9.97 Å². The van der Waals surface area contributed by atoms with E-state index in [0.717, 1.165) is 22.3 Å². The molecule has 0 spiro atoms. The van der Waals surface area contributed by atoms with Gasteiger partial charge in [-0.05, 0) is 69.4 Å². The van der Waals surface area contributed by atoms with E-state index in [2.05, 4.69) is 70.6 Å². The monoisotopic (exact) mass is 414 g/mol. The Morgan fingerprint density at radius 1 is 0.406 bits per heavy atom. The number of oxazole rings is 2. The van der Waals surface area contributed by atoms with Crippen LogP contribution >= 0.6 is 0 Å². The molecular formula is C28H18N2O2. The summed E-state index contributed by atoms with van der Waals surface area (Å²) in [5.74, 6) is 1.27. The zero-order chi connectivity index (χ0) is 21.3. The van der Waals surface area contributed by atoms with E-state index in [1.54, 1.807) is 24.9 Å². The molecule has 4 nitrogen and oxygen atoms in total. The van der Waals surface area contributed by atoms with Crippen molar-refractivity contribution in [2.75, 3.05) is 0 Å². The minimum atomic E-state index is 0.635. The van der Waals surface area contributed by atoms with Gasteiger partial charge in [-0.3, -0.25) is 0 Å². The van der Waals surface area contributed by atoms with Crippen molar-refractivity contribution in [3.63, 3.8) is 0 Å². The Kier molecular flexibility index (Phi) is 4.40. The molecule has 0 bridgehead atoms. The summed E-state index contributed by atoms with van der Waals surface area (Å²) >= 11 is 0. The second-order valence-electron chi connectivity index (χ2n) is 7.61. The second kappa shape index (κ2) is 7.67. The summed E-state index contributed by atoms with van der Waals surface area (Å²) in [4.78, 5) is 8.41. The lowest BCUT2D eigenvalue weighted by atomic mass is 9.97. The van der Waals surface area contributed by atoms with Gasteiger partial charge in [0.1, 0.15) is 12.5 Å². The van der Waals surface area contributed by atoms with E-state index in [9.17, 15) is 0 Å². The van der Waals surface area contributed by atoms with Gasteiger partial charge < -0.3 is 8.83 Å². The minimum absolute atomic E-state index is 0.635. The fourth-order valence-electron chi connectivity index (χ4n) is 3.95. The summed E-state index contributed by atoms with van der Waals surface area (Å²) in [7, 11) is 0. The number of benzene rings is 4. The van der Waals surface area contributed by atoms with Crippen molar-refractivity contribution < 1.29 is 8.83 Å². The number of nitrogens with zero attached hydrogens (tertiary/aromatic N) is 2. The van der Waals surface area contributed by atoms with Crippen LogP contribution in [0.4, 0.5) is 0 Å². The number of hydrogen-bond acceptors (Lipinski definition) is 4. The SMILES string of the molecule is c1coc(-c2ccc(-c3ccc4cc(-c5ccc(-c6ncco6)cc5)ccc4c3)cc2)n1. The molecule has 0 unspecified atom stereocenters. The molecule has 32 heavy (non-hydrogen) atoms. The molecule has 0 atom stereocenters. The first-order chi connectivity index (χ1) is 15.8. The first-order valence-electron chi connectivity index (χ1n) is 10.4. The molecule has 0 aliphatic rings. The van der Waals surface area contributed by atoms with Gasteiger partial charge in [-0.2, -0.15) is 0 Å². The lowest BCUT2D eigenvalue weighted by molar-refractivity contribution is 0.574. The molecule has 2 aromatic heterocycles. The van der Waals surface area contributed by atoms with Gasteiger partial charge in [0.05, 0.1) is 12.4 Å². The van der Waals surface area contributed by atoms with Gasteiger partial charge >= 0.3 is 0 Å². The van der Waals surface area contributed by atoms with Crippen molar-refractivity contribution >= 4 is 10.8 Å². The Morgan fingerprint density at radius 2 is 0.781 bits per heavy atom. The largest absolute Gasteiger partial charge is 0.445 e. The van der Waals surface area contributed by atoms with Gasteiger partial charge in [0, 0.05) is 11.1 Å². The molecule has 0 aliphatic heterocycles. The lowest BCUT2D eigenvalue weighted by Gasteiger charge is -2.08. The van der Waals surface area contributed by atoms with Crippen molar-refractivity contribution in [2.45, 2.75) is 0 Å². The van der Waals surface area contributed by atoms with E-state index in [1.807, 2.05) is 24.3 Å². The normalized spacial score (nSPS) is 11.1. The highest BCUT2D eigenvalue weighted by molar-refractivity contribution is 5.91. The maximum absolute atomic E-state index is 5.38. The quantitative estimate of drug-likeness (QED) is 0.300. The third kappa shape index (κ3) is 3.38. The average molecular weight is 414 g/mol. The average Bonchev–Trinajstić information content (AvgIpc) is 3.59. The van der Waals surface area contributed by atoms with Crippen molar-refractivity contribution in [1.29, 1.82) is 0 Å². The summed E-state index contributed by atoms with van der Waals surface area (Å²) in [5.41, 5.74) is 6.62. The molecule has 4 aromatic carbocycles. The Hall–Kier alpha value is -4.44. The standard InChI is InChI=1S/C28H18N2O2/c1-5-21(27-29-13-15-31-27)6-2-19(1)23-9-11-26-18-24(10-12-25(26)17-23)20-3-7-22(8-4-20)28-30-14-16-32-28/h1-18H. The Balaban J connectivity index is 1.29. The van der Waals surface area contributed by atoms with Crippen LogP contribution in [-0.4, -0.2) is 9.97 Å². The maximum Gasteiger partial charge on any atom is 0.225 e. The fraction of sp³-hybridized carbons (Fsp3) is 0. The van der Waals surface area contributed by atoms with E-state index in [1.165, 1.54) is 21.9 Å². The maximum atomic E-state index is 5.38. The predicted octanol–water partition coefficient (Wildman–Crippen LogP) is 7.48. The third-order valence-corrected chi connectivity index (χ3v) is 5.64. The molecule has 0 N–H and O–H groups in total. The van der Waals surface area contributed by atoms with Crippen LogP contribution in [-0.2, 0) is 0 Å². The van der Waals surface area contributed by atoms with Crippen LogP contribution < -0.4 is 0 Å². The molecular weight excluding hydrogens is 396 g/mol. The molecule has 4 heteroatoms. The highest BCUT2D eigenvalue weighted by atomic mass is 16.3. The van der Waals surface area contributed by atoms with Gasteiger partial charge in [0.2, 0.25) is 11.8 Å². The summed E-state index contributed by atoms with van der Waals surface area (Å²) in [6, 6.07) is 29.7. The third-order valence-electron chi connectivity index (χ3n) is 5.64. The number of aromatic nitrogens is 2. The van der Waals surface area contributed by atoms with Gasteiger partial charge in [-0.25, -0.2) is 9.97 Å². The van der Waals surface area contributed by atoms with Crippen molar-refractivity contribution in [2.24, 2.45) is 0 Å². The highest BCUT2D eigenvalue weighted by Gasteiger charge is 2.07. The van der Waals surface area contributed by atoms with Gasteiger partial charge in [0.15, 0.2) is 0 Å². The Labute approximate surface area is 184 Å². The summed E-state index contributed by atoms with van der Waals surface area (Å²) in [6.45, 7) is 0. The molecule has 0 amide bonds. The molecule has 6 rings (SSSR count). The van der Waals surface area contributed by atoms with Crippen LogP contribution in [0.5, 0.6) is 0 Å². The van der Waals surface area contributed by atoms with Gasteiger partial charge in [-0.15, -0.1) is 0 Å². The van der Waals surface area contributed by atoms with Crippen LogP contribution in [0.2, 0.25) is 0 Å². The van der Waals surface area contributed by atoms with Crippen molar-refractivity contribution in [3.8, 4) is 45.2 Å². The van der Waals surface area contributed by atoms with Crippen molar-refractivity contribution in [3.05, 3.63) is 110 Å². The van der Waals surface area contributed by atoms with Gasteiger partial charge in [-0.1, -0.05) is 48.5 Å². The zero-order valence-electron chi connectivity index (χ0n) is 17.1. The fourth-order valence-corrected chi connectivity index (χ4v) is 3.95. The van der Waals surface area contributed by atoms with E-state index in [-0.39, 0.29) is 0 Å². The molecule has 152 valence electrons.